The van der Waals surface area contributed by atoms with Gasteiger partial charge in [0.1, 0.15) is 5.76 Å². The van der Waals surface area contributed by atoms with Crippen LogP contribution >= 0.6 is 11.8 Å². The molecule has 0 aromatic carbocycles. The van der Waals surface area contributed by atoms with E-state index in [4.69, 9.17) is 4.42 Å². The molecule has 0 spiro atoms. The van der Waals surface area contributed by atoms with Crippen molar-refractivity contribution >= 4 is 28.7 Å². The van der Waals surface area contributed by atoms with Crippen LogP contribution in [0.25, 0.3) is 6.08 Å². The van der Waals surface area contributed by atoms with Crippen LogP contribution in [0.3, 0.4) is 0 Å². The quantitative estimate of drug-likeness (QED) is 0.470. The van der Waals surface area contributed by atoms with E-state index < -0.39 is 0 Å². The highest BCUT2D eigenvalue weighted by atomic mass is 32.2. The highest BCUT2D eigenvalue weighted by Crippen LogP contribution is 2.27. The third kappa shape index (κ3) is 4.61. The molecule has 3 nitrogen and oxygen atoms in total. The average molecular weight is 252 g/mol. The third-order valence-corrected chi connectivity index (χ3v) is 2.85. The minimum Gasteiger partial charge on any atom is -0.465 e. The van der Waals surface area contributed by atoms with Crippen molar-refractivity contribution in [2.24, 2.45) is 0 Å². The molecule has 17 heavy (non-hydrogen) atoms. The van der Waals surface area contributed by atoms with Crippen molar-refractivity contribution in [3.63, 3.8) is 0 Å². The van der Waals surface area contributed by atoms with E-state index in [0.717, 1.165) is 11.8 Å². The minimum absolute atomic E-state index is 0.167. The molecule has 0 saturated heterocycles. The summed E-state index contributed by atoms with van der Waals surface area (Å²) in [5, 5.41) is -0.221. The van der Waals surface area contributed by atoms with Gasteiger partial charge in [0.2, 0.25) is 5.12 Å². The summed E-state index contributed by atoms with van der Waals surface area (Å²) in [6, 6.07) is 3.42. The molecule has 1 aromatic rings. The second-order valence-electron chi connectivity index (χ2n) is 4.63. The highest BCUT2D eigenvalue weighted by molar-refractivity contribution is 8.15. The Labute approximate surface area is 105 Å². The predicted molar refractivity (Wildman–Crippen MR) is 69.7 cm³/mol. The summed E-state index contributed by atoms with van der Waals surface area (Å²) in [6.45, 7) is 7.18. The molecule has 0 N–H and O–H groups in total. The molecular formula is C13H16O3S. The Morgan fingerprint density at radius 2 is 2.00 bits per heavy atom. The largest absolute Gasteiger partial charge is 0.465 e. The first kappa shape index (κ1) is 13.8. The molecule has 0 aliphatic heterocycles. The van der Waals surface area contributed by atoms with Crippen LogP contribution < -0.4 is 0 Å². The fourth-order valence-corrected chi connectivity index (χ4v) is 2.02. The first-order valence-corrected chi connectivity index (χ1v) is 6.11. The molecule has 0 unspecified atom stereocenters. The molecule has 1 heterocycles. The SMILES string of the molecule is CC(=O)/C(=C/c1ccco1)C(=O)SC(C)(C)C. The number of furan rings is 1. The molecule has 1 rings (SSSR count). The lowest BCUT2D eigenvalue weighted by molar-refractivity contribution is -0.116. The Bertz CT molecular complexity index is 436. The first-order chi connectivity index (χ1) is 7.79. The van der Waals surface area contributed by atoms with Gasteiger partial charge in [0, 0.05) is 4.75 Å². The fourth-order valence-electron chi connectivity index (χ4n) is 1.15. The van der Waals surface area contributed by atoms with E-state index in [9.17, 15) is 9.59 Å². The fraction of sp³-hybridized carbons (Fsp3) is 0.385. The standard InChI is InChI=1S/C13H16O3S/c1-9(14)11(8-10-6-5-7-16-10)12(15)17-13(2,3)4/h5-8H,1-4H3/b11-8-. The summed E-state index contributed by atoms with van der Waals surface area (Å²) < 4.78 is 4.89. The molecule has 0 radical (unpaired) electrons. The topological polar surface area (TPSA) is 47.3 Å². The maximum atomic E-state index is 12.0. The van der Waals surface area contributed by atoms with Gasteiger partial charge in [-0.2, -0.15) is 0 Å². The monoisotopic (exact) mass is 252 g/mol. The Morgan fingerprint density at radius 1 is 1.35 bits per heavy atom. The van der Waals surface area contributed by atoms with E-state index in [2.05, 4.69) is 0 Å². The molecule has 0 bridgehead atoms. The smallest absolute Gasteiger partial charge is 0.223 e. The summed E-state index contributed by atoms with van der Waals surface area (Å²) in [5.41, 5.74) is 0.167. The van der Waals surface area contributed by atoms with Crippen molar-refractivity contribution in [2.45, 2.75) is 32.4 Å². The van der Waals surface area contributed by atoms with Gasteiger partial charge in [-0.05, 0) is 25.1 Å². The summed E-state index contributed by atoms with van der Waals surface area (Å²) in [7, 11) is 0. The van der Waals surface area contributed by atoms with Crippen molar-refractivity contribution < 1.29 is 14.0 Å². The second kappa shape index (κ2) is 5.36. The molecule has 1 aromatic heterocycles. The maximum Gasteiger partial charge on any atom is 0.223 e. The van der Waals surface area contributed by atoms with Crippen molar-refractivity contribution in [3.05, 3.63) is 29.7 Å². The average Bonchev–Trinajstić information content (AvgIpc) is 2.62. The summed E-state index contributed by atoms with van der Waals surface area (Å²) in [6.07, 6.45) is 2.99. The van der Waals surface area contributed by atoms with Gasteiger partial charge in [-0.15, -0.1) is 0 Å². The van der Waals surface area contributed by atoms with Crippen molar-refractivity contribution in [1.29, 1.82) is 0 Å². The number of ketones is 1. The van der Waals surface area contributed by atoms with Gasteiger partial charge in [-0.3, -0.25) is 9.59 Å². The lowest BCUT2D eigenvalue weighted by Crippen LogP contribution is -2.15. The molecule has 0 atom stereocenters. The Balaban J connectivity index is 2.95. The van der Waals surface area contributed by atoms with Crippen LogP contribution in [0.4, 0.5) is 0 Å². The zero-order valence-electron chi connectivity index (χ0n) is 10.4. The molecule has 4 heteroatoms. The van der Waals surface area contributed by atoms with E-state index in [1.165, 1.54) is 19.3 Å². The van der Waals surface area contributed by atoms with Gasteiger partial charge in [0.15, 0.2) is 5.78 Å². The molecule has 0 fully saturated rings. The minimum atomic E-state index is -0.247. The van der Waals surface area contributed by atoms with Crippen LogP contribution in [-0.2, 0) is 9.59 Å². The number of carbonyl (C=O) groups excluding carboxylic acids is 2. The van der Waals surface area contributed by atoms with Crippen LogP contribution in [0.2, 0.25) is 0 Å². The van der Waals surface area contributed by atoms with Crippen molar-refractivity contribution in [1.82, 2.24) is 0 Å². The number of rotatable bonds is 3. The Kier molecular flexibility index (Phi) is 4.34. The van der Waals surface area contributed by atoms with Gasteiger partial charge >= 0.3 is 0 Å². The maximum absolute atomic E-state index is 12.0. The van der Waals surface area contributed by atoms with Crippen LogP contribution in [0.5, 0.6) is 0 Å². The van der Waals surface area contributed by atoms with Gasteiger partial charge in [-0.1, -0.05) is 32.5 Å². The number of carbonyl (C=O) groups is 2. The Morgan fingerprint density at radius 3 is 2.41 bits per heavy atom. The van der Waals surface area contributed by atoms with Crippen molar-refractivity contribution in [3.8, 4) is 0 Å². The van der Waals surface area contributed by atoms with Gasteiger partial charge in [0.05, 0.1) is 11.8 Å². The number of thioether (sulfide) groups is 1. The zero-order valence-corrected chi connectivity index (χ0v) is 11.3. The lowest BCUT2D eigenvalue weighted by atomic mass is 10.2. The zero-order chi connectivity index (χ0) is 13.1. The highest BCUT2D eigenvalue weighted by Gasteiger charge is 2.22. The van der Waals surface area contributed by atoms with E-state index in [0.29, 0.717) is 5.76 Å². The summed E-state index contributed by atoms with van der Waals surface area (Å²) >= 11 is 1.15. The Hall–Kier alpha value is -1.29. The van der Waals surface area contributed by atoms with Gasteiger partial charge in [-0.25, -0.2) is 0 Å². The van der Waals surface area contributed by atoms with Crippen LogP contribution in [0.1, 0.15) is 33.5 Å². The molecule has 0 saturated carbocycles. The summed E-state index contributed by atoms with van der Waals surface area (Å²) in [4.78, 5) is 23.4. The van der Waals surface area contributed by atoms with Crippen LogP contribution in [0, 0.1) is 0 Å². The molecule has 0 amide bonds. The predicted octanol–water partition coefficient (Wildman–Crippen LogP) is 3.31. The van der Waals surface area contributed by atoms with Gasteiger partial charge in [0.25, 0.3) is 0 Å². The van der Waals surface area contributed by atoms with E-state index in [1.807, 2.05) is 20.8 Å². The van der Waals surface area contributed by atoms with Crippen LogP contribution in [-0.4, -0.2) is 15.6 Å². The summed E-state index contributed by atoms with van der Waals surface area (Å²) in [5.74, 6) is 0.265. The number of Topliss-reactive ketones (excluding diaryl/α,β-unsaturated/α-hetero) is 1. The number of hydrogen-bond donors (Lipinski definition) is 0. The second-order valence-corrected chi connectivity index (χ2v) is 6.43. The normalized spacial score (nSPS) is 12.6. The van der Waals surface area contributed by atoms with Gasteiger partial charge < -0.3 is 4.42 Å². The van der Waals surface area contributed by atoms with E-state index in [1.54, 1.807) is 12.1 Å². The molecular weight excluding hydrogens is 236 g/mol. The lowest BCUT2D eigenvalue weighted by Gasteiger charge is -2.16. The van der Waals surface area contributed by atoms with E-state index >= 15 is 0 Å². The number of hydrogen-bond acceptors (Lipinski definition) is 4. The molecule has 0 aliphatic rings. The molecule has 92 valence electrons. The third-order valence-electron chi connectivity index (χ3n) is 1.83. The van der Waals surface area contributed by atoms with Crippen molar-refractivity contribution in [2.75, 3.05) is 0 Å². The van der Waals surface area contributed by atoms with Crippen LogP contribution in [0.15, 0.2) is 28.4 Å². The molecule has 0 aliphatic carbocycles. The first-order valence-electron chi connectivity index (χ1n) is 5.29. The van der Waals surface area contributed by atoms with E-state index in [-0.39, 0.29) is 21.2 Å².